The van der Waals surface area contributed by atoms with E-state index in [9.17, 15) is 45.9 Å². The fraction of sp³-hybridized carbons (Fsp3) is 0.324. The molecule has 0 fully saturated rings. The van der Waals surface area contributed by atoms with Crippen LogP contribution >= 0.6 is 34.8 Å². The quantitative estimate of drug-likeness (QED) is 0.112. The average molecular weight is 794 g/mol. The van der Waals surface area contributed by atoms with Crippen molar-refractivity contribution in [3.63, 3.8) is 0 Å². The molecule has 0 saturated carbocycles. The number of benzene rings is 3. The van der Waals surface area contributed by atoms with Crippen LogP contribution in [-0.2, 0) is 25.6 Å². The summed E-state index contributed by atoms with van der Waals surface area (Å²) in [7, 11) is 1.36. The number of alkyl halides is 5. The molecule has 3 aromatic rings. The molecule has 0 spiro atoms. The Bertz CT molecular complexity index is 1790. The predicted octanol–water partition coefficient (Wildman–Crippen LogP) is 5.88. The zero-order valence-corrected chi connectivity index (χ0v) is 29.8. The molecule has 0 saturated heterocycles. The summed E-state index contributed by atoms with van der Waals surface area (Å²) >= 11 is 18.4. The number of amides is 4. The number of carbonyl (C=O) groups is 5. The van der Waals surface area contributed by atoms with Crippen molar-refractivity contribution in [1.29, 1.82) is 0 Å². The molecule has 0 aliphatic carbocycles. The number of ketones is 1. The van der Waals surface area contributed by atoms with E-state index in [0.717, 1.165) is 5.32 Å². The molecule has 52 heavy (non-hydrogen) atoms. The van der Waals surface area contributed by atoms with Gasteiger partial charge in [0.2, 0.25) is 17.6 Å². The number of rotatable bonds is 15. The molecule has 0 aliphatic rings. The van der Waals surface area contributed by atoms with Gasteiger partial charge in [0.1, 0.15) is 24.4 Å². The van der Waals surface area contributed by atoms with Crippen LogP contribution in [0.15, 0.2) is 66.7 Å². The van der Waals surface area contributed by atoms with E-state index in [0.29, 0.717) is 16.3 Å². The minimum atomic E-state index is -5.05. The Morgan fingerprint density at radius 3 is 2.00 bits per heavy atom. The molecule has 3 atom stereocenters. The van der Waals surface area contributed by atoms with Gasteiger partial charge in [-0.15, -0.1) is 0 Å². The lowest BCUT2D eigenvalue weighted by atomic mass is 9.94. The van der Waals surface area contributed by atoms with Gasteiger partial charge in [0.25, 0.3) is 11.8 Å². The van der Waals surface area contributed by atoms with Crippen molar-refractivity contribution >= 4 is 64.2 Å². The lowest BCUT2D eigenvalue weighted by molar-refractivity contribution is -0.165. The van der Waals surface area contributed by atoms with Crippen molar-refractivity contribution < 1.29 is 50.7 Å². The first-order valence-electron chi connectivity index (χ1n) is 15.3. The first-order chi connectivity index (χ1) is 24.2. The number of hydrogen-bond acceptors (Lipinski definition) is 6. The second kappa shape index (κ2) is 17.8. The molecule has 3 unspecified atom stereocenters. The number of hydrogen-bond donors (Lipinski definition) is 4. The molecule has 10 nitrogen and oxygen atoms in total. The maximum Gasteiger partial charge on any atom is 0.405 e. The summed E-state index contributed by atoms with van der Waals surface area (Å²) in [5.41, 5.74) is 0.454. The van der Waals surface area contributed by atoms with Crippen LogP contribution in [-0.4, -0.2) is 67.2 Å². The van der Waals surface area contributed by atoms with Gasteiger partial charge in [-0.1, -0.05) is 72.9 Å². The van der Waals surface area contributed by atoms with Crippen LogP contribution in [0.5, 0.6) is 5.75 Å². The molecule has 18 heteroatoms. The third-order valence-electron chi connectivity index (χ3n) is 7.41. The first kappa shape index (κ1) is 41.9. The third-order valence-corrected chi connectivity index (χ3v) is 8.21. The zero-order chi connectivity index (χ0) is 39.0. The summed E-state index contributed by atoms with van der Waals surface area (Å²) in [6, 6.07) is 10.6. The Balaban J connectivity index is 1.99. The highest BCUT2D eigenvalue weighted by molar-refractivity contribution is 6.35. The van der Waals surface area contributed by atoms with Crippen molar-refractivity contribution in [2.45, 2.75) is 50.5 Å². The van der Waals surface area contributed by atoms with E-state index in [1.165, 1.54) is 69.5 Å². The van der Waals surface area contributed by atoms with Gasteiger partial charge in [0.15, 0.2) is 0 Å². The predicted molar refractivity (Wildman–Crippen MR) is 183 cm³/mol. The van der Waals surface area contributed by atoms with Crippen LogP contribution in [0, 0.1) is 5.92 Å². The first-order valence-corrected chi connectivity index (χ1v) is 16.4. The summed E-state index contributed by atoms with van der Waals surface area (Å²) < 4.78 is 72.6. The molecule has 0 bridgehead atoms. The SMILES string of the molecule is COc1ccc(C(NC(=O)C(Cc2cccc(Cl)c2)NC(=O)c2cc(Cl)ccc2Cl)C(=O)NC(C(=O)C(F)(F)C(=O)NCC(F)(F)F)C(C)C)cc1. The maximum absolute atomic E-state index is 14.9. The highest BCUT2D eigenvalue weighted by Gasteiger charge is 2.52. The molecule has 0 aromatic heterocycles. The van der Waals surface area contributed by atoms with Crippen LogP contribution < -0.4 is 26.0 Å². The van der Waals surface area contributed by atoms with Gasteiger partial charge in [0, 0.05) is 16.5 Å². The van der Waals surface area contributed by atoms with Gasteiger partial charge >= 0.3 is 12.1 Å². The van der Waals surface area contributed by atoms with Crippen LogP contribution in [0.25, 0.3) is 0 Å². The molecule has 4 N–H and O–H groups in total. The van der Waals surface area contributed by atoms with Gasteiger partial charge in [-0.2, -0.15) is 22.0 Å². The van der Waals surface area contributed by atoms with Crippen molar-refractivity contribution in [1.82, 2.24) is 21.3 Å². The number of carbonyl (C=O) groups excluding carboxylic acids is 5. The van der Waals surface area contributed by atoms with Crippen molar-refractivity contribution in [2.24, 2.45) is 5.92 Å². The van der Waals surface area contributed by atoms with Crippen LogP contribution in [0.3, 0.4) is 0 Å². The minimum Gasteiger partial charge on any atom is -0.497 e. The molecular formula is C34H32Cl3F5N4O6. The van der Waals surface area contributed by atoms with E-state index in [1.54, 1.807) is 18.2 Å². The molecule has 3 rings (SSSR count). The fourth-order valence-electron chi connectivity index (χ4n) is 4.73. The van der Waals surface area contributed by atoms with E-state index in [4.69, 9.17) is 39.5 Å². The van der Waals surface area contributed by atoms with Crippen LogP contribution in [0.1, 0.15) is 41.4 Å². The summed E-state index contributed by atoms with van der Waals surface area (Å²) in [6.07, 6.45) is -5.23. The molecule has 280 valence electrons. The molecular weight excluding hydrogens is 762 g/mol. The monoisotopic (exact) mass is 792 g/mol. The molecule has 3 aromatic carbocycles. The second-order valence-corrected chi connectivity index (χ2v) is 12.9. The lowest BCUT2D eigenvalue weighted by Crippen LogP contribution is -2.58. The Kier molecular flexibility index (Phi) is 14.4. The Morgan fingerprint density at radius 1 is 0.788 bits per heavy atom. The zero-order valence-electron chi connectivity index (χ0n) is 27.5. The number of halogens is 8. The summed E-state index contributed by atoms with van der Waals surface area (Å²) in [6.45, 7) is 0.353. The Hall–Kier alpha value is -4.47. The summed E-state index contributed by atoms with van der Waals surface area (Å²) in [4.78, 5) is 66.0. The van der Waals surface area contributed by atoms with Crippen molar-refractivity contribution in [3.05, 3.63) is 98.5 Å². The Morgan fingerprint density at radius 2 is 1.42 bits per heavy atom. The highest BCUT2D eigenvalue weighted by Crippen LogP contribution is 2.25. The maximum atomic E-state index is 14.9. The van der Waals surface area contributed by atoms with E-state index < -0.39 is 72.1 Å². The normalized spacial score (nSPS) is 13.4. The van der Waals surface area contributed by atoms with E-state index >= 15 is 0 Å². The van der Waals surface area contributed by atoms with Crippen molar-refractivity contribution in [2.75, 3.05) is 13.7 Å². The lowest BCUT2D eigenvalue weighted by Gasteiger charge is -2.28. The second-order valence-electron chi connectivity index (χ2n) is 11.7. The van der Waals surface area contributed by atoms with Gasteiger partial charge in [-0.25, -0.2) is 0 Å². The van der Waals surface area contributed by atoms with E-state index in [2.05, 4.69) is 16.0 Å². The molecule has 4 amide bonds. The topological polar surface area (TPSA) is 143 Å². The summed E-state index contributed by atoms with van der Waals surface area (Å²) in [5.74, 6) is -13.5. The fourth-order valence-corrected chi connectivity index (χ4v) is 5.31. The number of methoxy groups -OCH3 is 1. The number of Topliss-reactive ketones (excluding diaryl/α,β-unsaturated/α-hetero) is 1. The third kappa shape index (κ3) is 11.5. The average Bonchev–Trinajstić information content (AvgIpc) is 3.08. The minimum absolute atomic E-state index is 0.00702. The summed E-state index contributed by atoms with van der Waals surface area (Å²) in [5, 5.41) is 8.58. The molecule has 0 radical (unpaired) electrons. The smallest absolute Gasteiger partial charge is 0.405 e. The van der Waals surface area contributed by atoms with Crippen LogP contribution in [0.4, 0.5) is 22.0 Å². The highest BCUT2D eigenvalue weighted by atomic mass is 35.5. The van der Waals surface area contributed by atoms with E-state index in [-0.39, 0.29) is 27.6 Å². The number of ether oxygens (including phenoxy) is 1. The van der Waals surface area contributed by atoms with Gasteiger partial charge in [-0.3, -0.25) is 24.0 Å². The molecule has 0 aliphatic heterocycles. The standard InChI is InChI=1S/C34H32Cl3F5N4O6/c1-17(2)26(28(47)34(41,42)32(51)43-16-33(38,39)40)45-31(50)27(19-7-10-22(52-3)11-8-19)46-30(49)25(14-18-5-4-6-20(35)13-18)44-29(48)23-15-21(36)9-12-24(23)37/h4-13,15,17,25-27H,14,16H2,1-3H3,(H,43,51)(H,44,48)(H,45,50)(H,46,49). The van der Waals surface area contributed by atoms with Gasteiger partial charge < -0.3 is 26.0 Å². The molecule has 0 heterocycles. The van der Waals surface area contributed by atoms with Crippen molar-refractivity contribution in [3.8, 4) is 5.75 Å². The number of nitrogens with one attached hydrogen (secondary N) is 4. The van der Waals surface area contributed by atoms with Gasteiger partial charge in [-0.05, 0) is 59.5 Å². The van der Waals surface area contributed by atoms with Crippen LogP contribution in [0.2, 0.25) is 15.1 Å². The largest absolute Gasteiger partial charge is 0.497 e. The van der Waals surface area contributed by atoms with E-state index in [1.807, 2.05) is 0 Å². The van der Waals surface area contributed by atoms with Gasteiger partial charge in [0.05, 0.1) is 23.7 Å². The Labute approximate surface area is 309 Å².